The molecule has 282 valence electrons. The van der Waals surface area contributed by atoms with Gasteiger partial charge in [0.05, 0.1) is 16.7 Å². The van der Waals surface area contributed by atoms with Crippen LogP contribution in [0.1, 0.15) is 0 Å². The first-order valence-corrected chi connectivity index (χ1v) is 22.8. The predicted octanol–water partition coefficient (Wildman–Crippen LogP) is 12.3. The maximum Gasteiger partial charge on any atom is 0.179 e. The molecule has 2 heteroatoms. The molecule has 0 saturated heterocycles. The van der Waals surface area contributed by atoms with Crippen molar-refractivity contribution in [2.24, 2.45) is 0 Å². The van der Waals surface area contributed by atoms with Gasteiger partial charge in [-0.3, -0.25) is 0 Å². The minimum Gasteiger partial charge on any atom is -0.309 e. The Labute approximate surface area is 352 Å². The molecule has 11 rings (SSSR count). The lowest BCUT2D eigenvalue weighted by Crippen LogP contribution is -2.74. The van der Waals surface area contributed by atoms with Gasteiger partial charge in [-0.15, -0.1) is 0 Å². The molecule has 0 aliphatic rings. The first-order chi connectivity index (χ1) is 29.8. The van der Waals surface area contributed by atoms with E-state index in [1.807, 2.05) is 0 Å². The maximum absolute atomic E-state index is 2.63. The quantitative estimate of drug-likeness (QED) is 0.107. The van der Waals surface area contributed by atoms with E-state index in [-0.39, 0.29) is 0 Å². The van der Waals surface area contributed by atoms with Crippen LogP contribution in [0.25, 0.3) is 71.6 Å². The van der Waals surface area contributed by atoms with Gasteiger partial charge in [0.2, 0.25) is 0 Å². The molecule has 10 aromatic carbocycles. The number of aromatic nitrogens is 1. The van der Waals surface area contributed by atoms with E-state index in [1.165, 1.54) is 92.4 Å². The summed E-state index contributed by atoms with van der Waals surface area (Å²) in [5, 5.41) is 10.4. The van der Waals surface area contributed by atoms with E-state index in [1.54, 1.807) is 0 Å². The molecular formula is C58H41NSi. The number of nitrogens with zero attached hydrogens (tertiary/aromatic N) is 1. The van der Waals surface area contributed by atoms with Crippen LogP contribution in [0.2, 0.25) is 0 Å². The molecule has 0 N–H and O–H groups in total. The van der Waals surface area contributed by atoms with Gasteiger partial charge in [-0.1, -0.05) is 218 Å². The summed E-state index contributed by atoms with van der Waals surface area (Å²) in [5.74, 6) is 0. The van der Waals surface area contributed by atoms with Crippen molar-refractivity contribution in [3.63, 3.8) is 0 Å². The topological polar surface area (TPSA) is 4.93 Å². The summed E-state index contributed by atoms with van der Waals surface area (Å²) in [6, 6.07) is 91.9. The summed E-state index contributed by atoms with van der Waals surface area (Å²) in [7, 11) is -2.63. The first-order valence-electron chi connectivity index (χ1n) is 20.8. The Kier molecular flexibility index (Phi) is 8.91. The summed E-state index contributed by atoms with van der Waals surface area (Å²) in [4.78, 5) is 0. The van der Waals surface area contributed by atoms with E-state index in [0.717, 1.165) is 0 Å². The van der Waals surface area contributed by atoms with Crippen LogP contribution in [-0.2, 0) is 0 Å². The standard InChI is InChI=1S/C58H41NSi/c1-6-18-42(19-7-1)45-32-37-57-54(40-45)55-41-46(43-20-8-2-9-21-43)33-38-58(55)59(57)56-39-36-51(52-28-16-17-29-53(52)56)44-30-34-50(35-31-44)60(47-22-10-3-11-23-47,48-24-12-4-13-25-48)49-26-14-5-15-27-49/h1-41H. The Bertz CT molecular complexity index is 3070. The van der Waals surface area contributed by atoms with E-state index in [2.05, 4.69) is 253 Å². The highest BCUT2D eigenvalue weighted by atomic mass is 28.3. The second-order valence-electron chi connectivity index (χ2n) is 15.6. The van der Waals surface area contributed by atoms with Crippen molar-refractivity contribution in [1.29, 1.82) is 0 Å². The van der Waals surface area contributed by atoms with Crippen LogP contribution in [-0.4, -0.2) is 12.6 Å². The van der Waals surface area contributed by atoms with Gasteiger partial charge in [-0.2, -0.15) is 0 Å². The van der Waals surface area contributed by atoms with Crippen molar-refractivity contribution in [3.8, 4) is 39.1 Å². The van der Waals surface area contributed by atoms with Gasteiger partial charge in [0.15, 0.2) is 8.07 Å². The molecule has 11 aromatic rings. The van der Waals surface area contributed by atoms with Gasteiger partial charge in [0, 0.05) is 16.2 Å². The molecule has 0 amide bonds. The molecule has 1 heterocycles. The summed E-state index contributed by atoms with van der Waals surface area (Å²) in [5.41, 5.74) is 10.9. The smallest absolute Gasteiger partial charge is 0.179 e. The number of fused-ring (bicyclic) bond motifs is 4. The Balaban J connectivity index is 1.08. The fourth-order valence-corrected chi connectivity index (χ4v) is 14.3. The lowest BCUT2D eigenvalue weighted by Gasteiger charge is -2.34. The minimum absolute atomic E-state index is 1.18. The normalized spacial score (nSPS) is 11.7. The Morgan fingerprint density at radius 2 is 0.633 bits per heavy atom. The van der Waals surface area contributed by atoms with Crippen LogP contribution >= 0.6 is 0 Å². The highest BCUT2D eigenvalue weighted by Gasteiger charge is 2.41. The summed E-state index contributed by atoms with van der Waals surface area (Å²) in [6.45, 7) is 0. The van der Waals surface area contributed by atoms with Crippen LogP contribution in [0.15, 0.2) is 249 Å². The van der Waals surface area contributed by atoms with Crippen LogP contribution in [0.3, 0.4) is 0 Å². The predicted molar refractivity (Wildman–Crippen MR) is 258 cm³/mol. The molecule has 0 saturated carbocycles. The Hall–Kier alpha value is -7.52. The Morgan fingerprint density at radius 1 is 0.250 bits per heavy atom. The van der Waals surface area contributed by atoms with Crippen LogP contribution < -0.4 is 20.7 Å². The number of rotatable bonds is 8. The third-order valence-corrected chi connectivity index (χ3v) is 17.2. The van der Waals surface area contributed by atoms with Crippen LogP contribution in [0.5, 0.6) is 0 Å². The molecule has 0 atom stereocenters. The second-order valence-corrected chi connectivity index (χ2v) is 19.4. The van der Waals surface area contributed by atoms with Crippen LogP contribution in [0, 0.1) is 0 Å². The van der Waals surface area contributed by atoms with E-state index in [0.29, 0.717) is 0 Å². The zero-order valence-electron chi connectivity index (χ0n) is 33.1. The molecule has 1 aromatic heterocycles. The van der Waals surface area contributed by atoms with Gasteiger partial charge >= 0.3 is 0 Å². The highest BCUT2D eigenvalue weighted by Crippen LogP contribution is 2.40. The average molecular weight is 780 g/mol. The zero-order chi connectivity index (χ0) is 39.9. The number of hydrogen-bond donors (Lipinski definition) is 0. The second kappa shape index (κ2) is 15.0. The van der Waals surface area contributed by atoms with E-state index >= 15 is 0 Å². The maximum atomic E-state index is 2.48. The lowest BCUT2D eigenvalue weighted by atomic mass is 9.97. The monoisotopic (exact) mass is 779 g/mol. The third kappa shape index (κ3) is 5.92. The fourth-order valence-electron chi connectivity index (χ4n) is 9.60. The van der Waals surface area contributed by atoms with Gasteiger partial charge in [-0.25, -0.2) is 0 Å². The van der Waals surface area contributed by atoms with Gasteiger partial charge in [0.25, 0.3) is 0 Å². The molecule has 0 unspecified atom stereocenters. The number of benzene rings is 10. The molecule has 1 nitrogen and oxygen atoms in total. The number of hydrogen-bond acceptors (Lipinski definition) is 0. The molecule has 0 fully saturated rings. The first kappa shape index (κ1) is 35.6. The Morgan fingerprint density at radius 3 is 1.10 bits per heavy atom. The van der Waals surface area contributed by atoms with Crippen molar-refractivity contribution in [1.82, 2.24) is 4.57 Å². The van der Waals surface area contributed by atoms with E-state index in [9.17, 15) is 0 Å². The SMILES string of the molecule is c1ccc(-c2ccc3c(c2)c2cc(-c4ccccc4)ccc2n3-c2ccc(-c3ccc([Si](c4ccccc4)(c4ccccc4)c4ccccc4)cc3)c3ccccc23)cc1. The fraction of sp³-hybridized carbons (Fsp3) is 0. The van der Waals surface area contributed by atoms with E-state index < -0.39 is 8.07 Å². The van der Waals surface area contributed by atoms with Crippen molar-refractivity contribution in [2.45, 2.75) is 0 Å². The van der Waals surface area contributed by atoms with Gasteiger partial charge < -0.3 is 4.57 Å². The summed E-state index contributed by atoms with van der Waals surface area (Å²) >= 11 is 0. The molecule has 0 aliphatic carbocycles. The highest BCUT2D eigenvalue weighted by molar-refractivity contribution is 7.19. The molecule has 0 aliphatic heterocycles. The third-order valence-electron chi connectivity index (χ3n) is 12.4. The molecule has 0 bridgehead atoms. The molecule has 0 spiro atoms. The summed E-state index contributed by atoms with van der Waals surface area (Å²) in [6.07, 6.45) is 0. The van der Waals surface area contributed by atoms with Gasteiger partial charge in [-0.05, 0) is 89.8 Å². The van der Waals surface area contributed by atoms with Crippen molar-refractivity contribution >= 4 is 61.4 Å². The summed E-state index contributed by atoms with van der Waals surface area (Å²) < 4.78 is 2.48. The molecule has 60 heavy (non-hydrogen) atoms. The van der Waals surface area contributed by atoms with Crippen molar-refractivity contribution < 1.29 is 0 Å². The average Bonchev–Trinajstić information content (AvgIpc) is 3.66. The molecule has 0 radical (unpaired) electrons. The van der Waals surface area contributed by atoms with Crippen molar-refractivity contribution in [3.05, 3.63) is 249 Å². The van der Waals surface area contributed by atoms with Gasteiger partial charge in [0.1, 0.15) is 0 Å². The zero-order valence-corrected chi connectivity index (χ0v) is 34.1. The van der Waals surface area contributed by atoms with E-state index in [4.69, 9.17) is 0 Å². The molecular weight excluding hydrogens is 739 g/mol. The van der Waals surface area contributed by atoms with Crippen LogP contribution in [0.4, 0.5) is 0 Å². The largest absolute Gasteiger partial charge is 0.309 e. The van der Waals surface area contributed by atoms with Crippen molar-refractivity contribution in [2.75, 3.05) is 0 Å². The minimum atomic E-state index is -2.63. The lowest BCUT2D eigenvalue weighted by molar-refractivity contribution is 1.20.